The number of esters is 1. The van der Waals surface area contributed by atoms with E-state index in [1.165, 1.54) is 0 Å². The number of hydrogen-bond donors (Lipinski definition) is 1. The SMILES string of the molecule is CCOC(=O)C[C@@]1(NS(=O)C(C)(C)C)C(=O)N(C(c2ccccc2)(c2ccccc2)c2ccccc2)c2cccc(Br)c21. The molecular formula is C35H35BrN2O4S. The number of carbonyl (C=O) groups excluding carboxylic acids is 2. The number of anilines is 1. The van der Waals surface area contributed by atoms with Gasteiger partial charge in [-0.25, -0.2) is 8.93 Å². The van der Waals surface area contributed by atoms with Crippen molar-refractivity contribution in [3.05, 3.63) is 136 Å². The normalized spacial score (nSPS) is 17.4. The van der Waals surface area contributed by atoms with E-state index >= 15 is 4.79 Å². The highest BCUT2D eigenvalue weighted by atomic mass is 79.9. The fraction of sp³-hybridized carbons (Fsp3) is 0.257. The van der Waals surface area contributed by atoms with Crippen LogP contribution in [-0.4, -0.2) is 27.4 Å². The van der Waals surface area contributed by atoms with Crippen LogP contribution < -0.4 is 9.62 Å². The van der Waals surface area contributed by atoms with Crippen molar-refractivity contribution in [1.29, 1.82) is 0 Å². The third-order valence-corrected chi connectivity index (χ3v) is 9.98. The number of nitrogens with one attached hydrogen (secondary N) is 1. The maximum Gasteiger partial charge on any atom is 0.308 e. The number of halogens is 1. The molecule has 0 spiro atoms. The molecular weight excluding hydrogens is 624 g/mol. The van der Waals surface area contributed by atoms with Crippen LogP contribution in [0.2, 0.25) is 0 Å². The molecule has 1 N–H and O–H groups in total. The molecule has 0 aromatic heterocycles. The molecule has 2 atom stereocenters. The average Bonchev–Trinajstić information content (AvgIpc) is 3.23. The zero-order valence-corrected chi connectivity index (χ0v) is 27.1. The number of amides is 1. The van der Waals surface area contributed by atoms with Crippen LogP contribution in [-0.2, 0) is 36.4 Å². The Labute approximate surface area is 264 Å². The molecule has 0 aliphatic carbocycles. The molecule has 8 heteroatoms. The minimum Gasteiger partial charge on any atom is -0.466 e. The monoisotopic (exact) mass is 658 g/mol. The summed E-state index contributed by atoms with van der Waals surface area (Å²) in [5, 5.41) is 0. The number of nitrogens with zero attached hydrogens (tertiary/aromatic N) is 1. The van der Waals surface area contributed by atoms with Crippen molar-refractivity contribution >= 4 is 44.5 Å². The van der Waals surface area contributed by atoms with Crippen LogP contribution >= 0.6 is 15.9 Å². The molecule has 1 aliphatic heterocycles. The van der Waals surface area contributed by atoms with Gasteiger partial charge in [0.05, 0.1) is 34.4 Å². The van der Waals surface area contributed by atoms with Crippen LogP contribution in [0.3, 0.4) is 0 Å². The van der Waals surface area contributed by atoms with Gasteiger partial charge in [0.2, 0.25) is 0 Å². The lowest BCUT2D eigenvalue weighted by molar-refractivity contribution is -0.147. The smallest absolute Gasteiger partial charge is 0.308 e. The van der Waals surface area contributed by atoms with E-state index in [9.17, 15) is 9.00 Å². The molecule has 43 heavy (non-hydrogen) atoms. The van der Waals surface area contributed by atoms with E-state index in [0.29, 0.717) is 15.7 Å². The Balaban J connectivity index is 1.91. The predicted octanol–water partition coefficient (Wildman–Crippen LogP) is 6.99. The molecule has 4 aromatic carbocycles. The highest BCUT2D eigenvalue weighted by molar-refractivity contribution is 9.10. The lowest BCUT2D eigenvalue weighted by atomic mass is 9.75. The number of carbonyl (C=O) groups is 2. The van der Waals surface area contributed by atoms with E-state index in [4.69, 9.17) is 4.74 Å². The molecule has 1 heterocycles. The number of hydrogen-bond acceptors (Lipinski definition) is 4. The molecule has 0 radical (unpaired) electrons. The summed E-state index contributed by atoms with van der Waals surface area (Å²) in [6.45, 7) is 7.36. The first-order valence-corrected chi connectivity index (χ1v) is 16.2. The molecule has 0 bridgehead atoms. The maximum absolute atomic E-state index is 15.5. The third kappa shape index (κ3) is 5.37. The molecule has 0 saturated carbocycles. The Morgan fingerprint density at radius 1 is 0.837 bits per heavy atom. The molecule has 5 rings (SSSR count). The van der Waals surface area contributed by atoms with E-state index in [1.807, 2.05) is 130 Å². The summed E-state index contributed by atoms with van der Waals surface area (Å²) >= 11 is 3.71. The molecule has 4 aromatic rings. The molecule has 0 fully saturated rings. The highest BCUT2D eigenvalue weighted by Gasteiger charge is 2.61. The second-order valence-corrected chi connectivity index (χ2v) is 14.3. The molecule has 1 unspecified atom stereocenters. The van der Waals surface area contributed by atoms with Crippen LogP contribution in [0.5, 0.6) is 0 Å². The minimum absolute atomic E-state index is 0.153. The maximum atomic E-state index is 15.5. The van der Waals surface area contributed by atoms with Crippen molar-refractivity contribution in [2.75, 3.05) is 11.5 Å². The molecule has 0 saturated heterocycles. The van der Waals surface area contributed by atoms with Crippen LogP contribution in [0.15, 0.2) is 114 Å². The Morgan fingerprint density at radius 3 is 1.77 bits per heavy atom. The summed E-state index contributed by atoms with van der Waals surface area (Å²) in [7, 11) is -1.72. The van der Waals surface area contributed by atoms with Gasteiger partial charge in [0.1, 0.15) is 11.1 Å². The van der Waals surface area contributed by atoms with E-state index in [1.54, 1.807) is 11.8 Å². The summed E-state index contributed by atoms with van der Waals surface area (Å²) in [5.74, 6) is -0.973. The van der Waals surface area contributed by atoms with E-state index in [-0.39, 0.29) is 13.0 Å². The fourth-order valence-corrected chi connectivity index (χ4v) is 7.40. The highest BCUT2D eigenvalue weighted by Crippen LogP contribution is 2.55. The standard InChI is InChI=1S/C35H35BrN2O4S/c1-5-42-30(39)24-34(37-43(41)33(2,3)4)31-28(36)22-15-23-29(31)38(32(34)40)35(25-16-9-6-10-17-25,26-18-11-7-12-19-26)27-20-13-8-14-21-27/h6-23,37H,5,24H2,1-4H3/t34-,43?/m0/s1. The van der Waals surface area contributed by atoms with Crippen molar-refractivity contribution in [1.82, 2.24) is 4.72 Å². The molecule has 1 aliphatic rings. The molecule has 1 amide bonds. The fourth-order valence-electron chi connectivity index (χ4n) is 5.82. The first-order chi connectivity index (χ1) is 20.6. The van der Waals surface area contributed by atoms with Crippen molar-refractivity contribution in [2.24, 2.45) is 0 Å². The summed E-state index contributed by atoms with van der Waals surface area (Å²) in [4.78, 5) is 30.6. The van der Waals surface area contributed by atoms with Crippen LogP contribution in [0.1, 0.15) is 56.4 Å². The second kappa shape index (κ2) is 12.2. The van der Waals surface area contributed by atoms with Crippen LogP contribution in [0.25, 0.3) is 0 Å². The molecule has 6 nitrogen and oxygen atoms in total. The predicted molar refractivity (Wildman–Crippen MR) is 175 cm³/mol. The summed E-state index contributed by atoms with van der Waals surface area (Å²) < 4.78 is 22.3. The Morgan fingerprint density at radius 2 is 1.33 bits per heavy atom. The summed E-state index contributed by atoms with van der Waals surface area (Å²) in [6, 6.07) is 35.2. The van der Waals surface area contributed by atoms with Crippen molar-refractivity contribution in [2.45, 2.75) is 49.9 Å². The number of benzene rings is 4. The van der Waals surface area contributed by atoms with Gasteiger partial charge in [0, 0.05) is 10.0 Å². The Bertz CT molecular complexity index is 1540. The van der Waals surface area contributed by atoms with E-state index in [2.05, 4.69) is 20.7 Å². The topological polar surface area (TPSA) is 75.7 Å². The zero-order valence-electron chi connectivity index (χ0n) is 24.7. The van der Waals surface area contributed by atoms with Gasteiger partial charge in [-0.15, -0.1) is 0 Å². The van der Waals surface area contributed by atoms with Crippen molar-refractivity contribution < 1.29 is 18.5 Å². The van der Waals surface area contributed by atoms with Crippen LogP contribution in [0, 0.1) is 0 Å². The van der Waals surface area contributed by atoms with Gasteiger partial charge in [0.25, 0.3) is 5.91 Å². The van der Waals surface area contributed by atoms with Gasteiger partial charge in [-0.1, -0.05) is 113 Å². The summed E-state index contributed by atoms with van der Waals surface area (Å²) in [5.41, 5.74) is 0.861. The summed E-state index contributed by atoms with van der Waals surface area (Å²) in [6.07, 6.45) is -0.345. The minimum atomic E-state index is -1.72. The van der Waals surface area contributed by atoms with E-state index in [0.717, 1.165) is 16.7 Å². The lowest BCUT2D eigenvalue weighted by Crippen LogP contribution is -2.59. The average molecular weight is 660 g/mol. The third-order valence-electron chi connectivity index (χ3n) is 7.68. The number of rotatable bonds is 9. The van der Waals surface area contributed by atoms with Gasteiger partial charge >= 0.3 is 5.97 Å². The van der Waals surface area contributed by atoms with Gasteiger partial charge < -0.3 is 4.74 Å². The lowest BCUT2D eigenvalue weighted by Gasteiger charge is -2.45. The Kier molecular flexibility index (Phi) is 8.75. The van der Waals surface area contributed by atoms with E-state index < -0.39 is 38.7 Å². The first-order valence-electron chi connectivity index (χ1n) is 14.2. The second-order valence-electron chi connectivity index (χ2n) is 11.5. The van der Waals surface area contributed by atoms with Gasteiger partial charge in [0.15, 0.2) is 0 Å². The zero-order chi connectivity index (χ0) is 30.8. The number of ether oxygens (including phenoxy) is 1. The first kappa shape index (κ1) is 30.9. The Hall–Kier alpha value is -3.59. The van der Waals surface area contributed by atoms with Crippen molar-refractivity contribution in [3.63, 3.8) is 0 Å². The molecule has 222 valence electrons. The number of fused-ring (bicyclic) bond motifs is 1. The van der Waals surface area contributed by atoms with Gasteiger partial charge in [-0.3, -0.25) is 14.5 Å². The quantitative estimate of drug-likeness (QED) is 0.155. The van der Waals surface area contributed by atoms with Gasteiger partial charge in [-0.05, 0) is 56.5 Å². The largest absolute Gasteiger partial charge is 0.466 e. The van der Waals surface area contributed by atoms with Crippen molar-refractivity contribution in [3.8, 4) is 0 Å². The van der Waals surface area contributed by atoms with Gasteiger partial charge in [-0.2, -0.15) is 0 Å². The van der Waals surface area contributed by atoms with Crippen LogP contribution in [0.4, 0.5) is 5.69 Å².